The van der Waals surface area contributed by atoms with Crippen LogP contribution in [-0.4, -0.2) is 35.3 Å². The first-order valence-corrected chi connectivity index (χ1v) is 7.14. The smallest absolute Gasteiger partial charge is 0.158 e. The van der Waals surface area contributed by atoms with Crippen LogP contribution in [0.5, 0.6) is 0 Å². The van der Waals surface area contributed by atoms with Crippen LogP contribution in [0.1, 0.15) is 37.9 Å². The van der Waals surface area contributed by atoms with Crippen molar-refractivity contribution in [1.82, 2.24) is 9.97 Å². The van der Waals surface area contributed by atoms with Crippen LogP contribution >= 0.6 is 0 Å². The van der Waals surface area contributed by atoms with E-state index in [1.54, 1.807) is 13.2 Å². The van der Waals surface area contributed by atoms with Crippen LogP contribution in [-0.2, 0) is 11.3 Å². The summed E-state index contributed by atoms with van der Waals surface area (Å²) >= 11 is 0. The van der Waals surface area contributed by atoms with Crippen molar-refractivity contribution in [2.45, 2.75) is 38.7 Å². The molecule has 0 saturated heterocycles. The molecule has 6 nitrogen and oxygen atoms in total. The van der Waals surface area contributed by atoms with E-state index in [-0.39, 0.29) is 12.0 Å². The number of aliphatic hydroxyl groups excluding tert-OH is 1. The van der Waals surface area contributed by atoms with Gasteiger partial charge in [0.2, 0.25) is 0 Å². The highest BCUT2D eigenvalue weighted by atomic mass is 16.5. The van der Waals surface area contributed by atoms with Gasteiger partial charge in [-0.2, -0.15) is 0 Å². The standard InChI is InChI=1S/C14H24N4O2/c1-20-8-13-17-11(15)7-12(18-13)16-9-14(10-19)5-3-2-4-6-14/h7,19H,2-6,8-10H2,1H3,(H3,15,16,17,18). The third kappa shape index (κ3) is 3.80. The van der Waals surface area contributed by atoms with Gasteiger partial charge >= 0.3 is 0 Å². The number of aliphatic hydroxyl groups is 1. The highest BCUT2D eigenvalue weighted by Crippen LogP contribution is 2.35. The Balaban J connectivity index is 2.02. The summed E-state index contributed by atoms with van der Waals surface area (Å²) in [5.74, 6) is 1.69. The van der Waals surface area contributed by atoms with Gasteiger partial charge in [-0.25, -0.2) is 9.97 Å². The number of nitrogens with two attached hydrogens (primary N) is 1. The van der Waals surface area contributed by atoms with Gasteiger partial charge in [-0.05, 0) is 12.8 Å². The molecule has 112 valence electrons. The molecule has 1 aliphatic rings. The Labute approximate surface area is 119 Å². The van der Waals surface area contributed by atoms with Crippen molar-refractivity contribution >= 4 is 11.6 Å². The van der Waals surface area contributed by atoms with Crippen LogP contribution in [0.2, 0.25) is 0 Å². The van der Waals surface area contributed by atoms with Gasteiger partial charge in [-0.15, -0.1) is 0 Å². The molecule has 0 aliphatic heterocycles. The molecule has 1 aromatic rings. The minimum Gasteiger partial charge on any atom is -0.396 e. The molecule has 0 atom stereocenters. The summed E-state index contributed by atoms with van der Waals surface area (Å²) in [6, 6.07) is 1.72. The average Bonchev–Trinajstić information content (AvgIpc) is 2.46. The van der Waals surface area contributed by atoms with Gasteiger partial charge in [-0.3, -0.25) is 0 Å². The van der Waals surface area contributed by atoms with Crippen molar-refractivity contribution in [1.29, 1.82) is 0 Å². The van der Waals surface area contributed by atoms with Crippen molar-refractivity contribution in [3.8, 4) is 0 Å². The second kappa shape index (κ2) is 6.85. The zero-order valence-electron chi connectivity index (χ0n) is 12.1. The van der Waals surface area contributed by atoms with Crippen molar-refractivity contribution in [2.75, 3.05) is 31.3 Å². The molecule has 0 amide bonds. The molecule has 0 bridgehead atoms. The zero-order chi connectivity index (χ0) is 14.4. The molecule has 0 spiro atoms. The predicted octanol–water partition coefficient (Wildman–Crippen LogP) is 1.56. The van der Waals surface area contributed by atoms with Crippen LogP contribution in [0, 0.1) is 5.41 Å². The van der Waals surface area contributed by atoms with E-state index in [4.69, 9.17) is 10.5 Å². The van der Waals surface area contributed by atoms with E-state index in [2.05, 4.69) is 15.3 Å². The third-order valence-electron chi connectivity index (χ3n) is 3.96. The Hall–Kier alpha value is -1.40. The molecule has 0 unspecified atom stereocenters. The predicted molar refractivity (Wildman–Crippen MR) is 78.3 cm³/mol. The maximum Gasteiger partial charge on any atom is 0.158 e. The van der Waals surface area contributed by atoms with Crippen LogP contribution in [0.15, 0.2) is 6.07 Å². The Kier molecular flexibility index (Phi) is 5.14. The molecule has 0 aromatic carbocycles. The summed E-state index contributed by atoms with van der Waals surface area (Å²) in [6.45, 7) is 1.27. The van der Waals surface area contributed by atoms with Gasteiger partial charge in [0.25, 0.3) is 0 Å². The fraction of sp³-hybridized carbons (Fsp3) is 0.714. The minimum absolute atomic E-state index is 0.0284. The van der Waals surface area contributed by atoms with Gasteiger partial charge in [0.05, 0.1) is 6.61 Å². The van der Waals surface area contributed by atoms with E-state index in [9.17, 15) is 5.11 Å². The summed E-state index contributed by atoms with van der Waals surface area (Å²) in [5.41, 5.74) is 5.74. The van der Waals surface area contributed by atoms with Gasteiger partial charge in [-0.1, -0.05) is 19.3 Å². The lowest BCUT2D eigenvalue weighted by molar-refractivity contribution is 0.0943. The Morgan fingerprint density at radius 2 is 2.10 bits per heavy atom. The number of nitrogen functional groups attached to an aromatic ring is 1. The summed E-state index contributed by atoms with van der Waals surface area (Å²) in [4.78, 5) is 8.47. The van der Waals surface area contributed by atoms with E-state index in [1.807, 2.05) is 0 Å². The first-order chi connectivity index (χ1) is 9.67. The number of methoxy groups -OCH3 is 1. The molecule has 2 rings (SSSR count). The van der Waals surface area contributed by atoms with Gasteiger partial charge in [0.1, 0.15) is 18.2 Å². The molecule has 4 N–H and O–H groups in total. The van der Waals surface area contributed by atoms with Crippen molar-refractivity contribution in [3.05, 3.63) is 11.9 Å². The van der Waals surface area contributed by atoms with Crippen LogP contribution in [0.25, 0.3) is 0 Å². The fourth-order valence-corrected chi connectivity index (χ4v) is 2.77. The highest BCUT2D eigenvalue weighted by Gasteiger charge is 2.31. The molecule has 6 heteroatoms. The lowest BCUT2D eigenvalue weighted by Crippen LogP contribution is -2.35. The molecule has 1 aliphatic carbocycles. The monoisotopic (exact) mass is 280 g/mol. The summed E-state index contributed by atoms with van der Waals surface area (Å²) in [5, 5.41) is 13.0. The van der Waals surface area contributed by atoms with Gasteiger partial charge in [0.15, 0.2) is 5.82 Å². The number of hydrogen-bond donors (Lipinski definition) is 3. The second-order valence-electron chi connectivity index (χ2n) is 5.60. The van der Waals surface area contributed by atoms with Crippen molar-refractivity contribution in [2.24, 2.45) is 5.41 Å². The topological polar surface area (TPSA) is 93.3 Å². The SMILES string of the molecule is COCc1nc(N)cc(NCC2(CO)CCCCC2)n1. The van der Waals surface area contributed by atoms with Crippen LogP contribution in [0.4, 0.5) is 11.6 Å². The van der Waals surface area contributed by atoms with Crippen LogP contribution < -0.4 is 11.1 Å². The van der Waals surface area contributed by atoms with E-state index >= 15 is 0 Å². The number of aromatic nitrogens is 2. The summed E-state index contributed by atoms with van der Waals surface area (Å²) in [7, 11) is 1.60. The largest absolute Gasteiger partial charge is 0.396 e. The van der Waals surface area contributed by atoms with Crippen LogP contribution in [0.3, 0.4) is 0 Å². The lowest BCUT2D eigenvalue weighted by Gasteiger charge is -2.35. The maximum atomic E-state index is 9.70. The molecular formula is C14H24N4O2. The molecule has 1 saturated carbocycles. The highest BCUT2D eigenvalue weighted by molar-refractivity contribution is 5.44. The van der Waals surface area contributed by atoms with Crippen molar-refractivity contribution < 1.29 is 9.84 Å². The molecule has 1 fully saturated rings. The molecule has 1 aromatic heterocycles. The fourth-order valence-electron chi connectivity index (χ4n) is 2.77. The van der Waals surface area contributed by atoms with E-state index in [1.165, 1.54) is 19.3 Å². The third-order valence-corrected chi connectivity index (χ3v) is 3.96. The number of nitrogens with zero attached hydrogens (tertiary/aromatic N) is 2. The van der Waals surface area contributed by atoms with Crippen molar-refractivity contribution in [3.63, 3.8) is 0 Å². The number of hydrogen-bond acceptors (Lipinski definition) is 6. The van der Waals surface area contributed by atoms with E-state index < -0.39 is 0 Å². The van der Waals surface area contributed by atoms with E-state index in [0.717, 1.165) is 12.8 Å². The Morgan fingerprint density at radius 3 is 2.75 bits per heavy atom. The van der Waals surface area contributed by atoms with Gasteiger partial charge < -0.3 is 20.9 Å². The number of ether oxygens (including phenoxy) is 1. The van der Waals surface area contributed by atoms with Gasteiger partial charge in [0, 0.05) is 25.1 Å². The Morgan fingerprint density at radius 1 is 1.35 bits per heavy atom. The number of anilines is 2. The second-order valence-corrected chi connectivity index (χ2v) is 5.60. The number of rotatable bonds is 6. The van der Waals surface area contributed by atoms with E-state index in [0.29, 0.717) is 30.6 Å². The maximum absolute atomic E-state index is 9.70. The normalized spacial score (nSPS) is 17.9. The lowest BCUT2D eigenvalue weighted by atomic mass is 9.74. The summed E-state index contributed by atoms with van der Waals surface area (Å²) in [6.07, 6.45) is 5.75. The first-order valence-electron chi connectivity index (χ1n) is 7.14. The minimum atomic E-state index is -0.0284. The zero-order valence-corrected chi connectivity index (χ0v) is 12.1. The molecule has 1 heterocycles. The molecule has 20 heavy (non-hydrogen) atoms. The number of nitrogens with one attached hydrogen (secondary N) is 1. The molecular weight excluding hydrogens is 256 g/mol. The summed E-state index contributed by atoms with van der Waals surface area (Å²) < 4.78 is 5.03. The molecule has 0 radical (unpaired) electrons. The Bertz CT molecular complexity index is 433. The average molecular weight is 280 g/mol. The first kappa shape index (κ1) is 15.0. The quantitative estimate of drug-likeness (QED) is 0.732.